The van der Waals surface area contributed by atoms with Crippen LogP contribution in [0.15, 0.2) is 12.1 Å². The molecule has 0 radical (unpaired) electrons. The first-order chi connectivity index (χ1) is 6.77. The predicted octanol–water partition coefficient (Wildman–Crippen LogP) is 0.544. The average molecular weight is 231 g/mol. The molecule has 4 nitrogen and oxygen atoms in total. The molecular formula is C8H13N3OS2. The SMILES string of the molecule is NCCSCc1ccc(C(=O)NN)s1. The van der Waals surface area contributed by atoms with E-state index in [0.29, 0.717) is 11.4 Å². The van der Waals surface area contributed by atoms with Crippen molar-refractivity contribution in [1.82, 2.24) is 5.43 Å². The first kappa shape index (κ1) is 11.5. The van der Waals surface area contributed by atoms with Crippen molar-refractivity contribution in [3.05, 3.63) is 21.9 Å². The topological polar surface area (TPSA) is 81.1 Å². The van der Waals surface area contributed by atoms with Gasteiger partial charge in [0.25, 0.3) is 5.91 Å². The fourth-order valence-electron chi connectivity index (χ4n) is 0.905. The standard InChI is InChI=1S/C8H13N3OS2/c9-3-4-13-5-6-1-2-7(14-6)8(12)11-10/h1-2H,3-5,9-10H2,(H,11,12). The van der Waals surface area contributed by atoms with E-state index in [1.165, 1.54) is 16.2 Å². The fourth-order valence-corrected chi connectivity index (χ4v) is 2.71. The van der Waals surface area contributed by atoms with E-state index in [4.69, 9.17) is 11.6 Å². The minimum absolute atomic E-state index is 0.231. The number of nitrogens with two attached hydrogens (primary N) is 2. The first-order valence-electron chi connectivity index (χ1n) is 4.15. The van der Waals surface area contributed by atoms with E-state index in [1.807, 2.05) is 6.07 Å². The van der Waals surface area contributed by atoms with Gasteiger partial charge in [-0.05, 0) is 12.1 Å². The second kappa shape index (κ2) is 6.02. The van der Waals surface area contributed by atoms with Crippen LogP contribution in [0.25, 0.3) is 0 Å². The number of thioether (sulfide) groups is 1. The van der Waals surface area contributed by atoms with Crippen LogP contribution in [-0.4, -0.2) is 18.2 Å². The number of carbonyl (C=O) groups is 1. The minimum Gasteiger partial charge on any atom is -0.330 e. The van der Waals surface area contributed by atoms with Crippen molar-refractivity contribution in [3.63, 3.8) is 0 Å². The van der Waals surface area contributed by atoms with Crippen LogP contribution in [-0.2, 0) is 5.75 Å². The quantitative estimate of drug-likeness (QED) is 0.299. The summed E-state index contributed by atoms with van der Waals surface area (Å²) in [6.45, 7) is 0.687. The third-order valence-corrected chi connectivity index (χ3v) is 3.83. The van der Waals surface area contributed by atoms with E-state index in [9.17, 15) is 4.79 Å². The maximum absolute atomic E-state index is 11.1. The molecule has 0 unspecified atom stereocenters. The van der Waals surface area contributed by atoms with Crippen LogP contribution < -0.4 is 17.0 Å². The van der Waals surface area contributed by atoms with Crippen LogP contribution in [0.4, 0.5) is 0 Å². The molecule has 1 rings (SSSR count). The summed E-state index contributed by atoms with van der Waals surface area (Å²) < 4.78 is 0. The molecular weight excluding hydrogens is 218 g/mol. The molecule has 1 aromatic rings. The highest BCUT2D eigenvalue weighted by Crippen LogP contribution is 2.21. The largest absolute Gasteiger partial charge is 0.330 e. The van der Waals surface area contributed by atoms with E-state index < -0.39 is 0 Å². The molecule has 0 aliphatic heterocycles. The number of nitrogens with one attached hydrogen (secondary N) is 1. The second-order valence-corrected chi connectivity index (χ2v) is 4.85. The molecule has 0 bridgehead atoms. The Morgan fingerprint density at radius 2 is 2.36 bits per heavy atom. The first-order valence-corrected chi connectivity index (χ1v) is 6.12. The third kappa shape index (κ3) is 3.30. The van der Waals surface area contributed by atoms with Crippen molar-refractivity contribution in [2.24, 2.45) is 11.6 Å². The van der Waals surface area contributed by atoms with Crippen molar-refractivity contribution >= 4 is 29.0 Å². The zero-order valence-electron chi connectivity index (χ0n) is 7.66. The Kier molecular flexibility index (Phi) is 4.95. The van der Waals surface area contributed by atoms with Crippen molar-refractivity contribution in [1.29, 1.82) is 0 Å². The van der Waals surface area contributed by atoms with Crippen LogP contribution >= 0.6 is 23.1 Å². The summed E-state index contributed by atoms with van der Waals surface area (Å²) in [5, 5.41) is 0. The van der Waals surface area contributed by atoms with Gasteiger partial charge in [-0.1, -0.05) is 0 Å². The van der Waals surface area contributed by atoms with Gasteiger partial charge in [-0.25, -0.2) is 5.84 Å². The number of thiophene rings is 1. The zero-order valence-corrected chi connectivity index (χ0v) is 9.29. The molecule has 5 N–H and O–H groups in total. The molecule has 6 heteroatoms. The van der Waals surface area contributed by atoms with Crippen LogP contribution in [0.5, 0.6) is 0 Å². The summed E-state index contributed by atoms with van der Waals surface area (Å²) in [5.74, 6) is 6.63. The summed E-state index contributed by atoms with van der Waals surface area (Å²) in [6, 6.07) is 3.73. The van der Waals surface area contributed by atoms with Gasteiger partial charge in [-0.2, -0.15) is 11.8 Å². The zero-order chi connectivity index (χ0) is 10.4. The van der Waals surface area contributed by atoms with Gasteiger partial charge in [0.05, 0.1) is 4.88 Å². The van der Waals surface area contributed by atoms with Gasteiger partial charge in [0, 0.05) is 22.9 Å². The molecule has 1 aromatic heterocycles. The summed E-state index contributed by atoms with van der Waals surface area (Å²) in [4.78, 5) is 12.9. The molecule has 0 aromatic carbocycles. The maximum atomic E-state index is 11.1. The summed E-state index contributed by atoms with van der Waals surface area (Å²) >= 11 is 3.22. The van der Waals surface area contributed by atoms with Gasteiger partial charge in [-0.3, -0.25) is 10.2 Å². The highest BCUT2D eigenvalue weighted by Gasteiger charge is 2.06. The van der Waals surface area contributed by atoms with Crippen LogP contribution in [0, 0.1) is 0 Å². The van der Waals surface area contributed by atoms with Gasteiger partial charge in [0.15, 0.2) is 0 Å². The lowest BCUT2D eigenvalue weighted by molar-refractivity contribution is 0.0957. The highest BCUT2D eigenvalue weighted by molar-refractivity contribution is 7.98. The predicted molar refractivity (Wildman–Crippen MR) is 61.2 cm³/mol. The maximum Gasteiger partial charge on any atom is 0.275 e. The van der Waals surface area contributed by atoms with E-state index >= 15 is 0 Å². The molecule has 0 spiro atoms. The third-order valence-electron chi connectivity index (χ3n) is 1.52. The van der Waals surface area contributed by atoms with Gasteiger partial charge >= 0.3 is 0 Å². The van der Waals surface area contributed by atoms with Crippen molar-refractivity contribution < 1.29 is 4.79 Å². The number of carbonyl (C=O) groups excluding carboxylic acids is 1. The molecule has 1 amide bonds. The molecule has 0 aliphatic rings. The lowest BCUT2D eigenvalue weighted by Crippen LogP contribution is -2.29. The number of rotatable bonds is 5. The molecule has 0 fully saturated rings. The monoisotopic (exact) mass is 231 g/mol. The molecule has 0 aliphatic carbocycles. The van der Waals surface area contributed by atoms with Gasteiger partial charge < -0.3 is 5.73 Å². The van der Waals surface area contributed by atoms with Gasteiger partial charge in [0.1, 0.15) is 0 Å². The molecule has 78 valence electrons. The van der Waals surface area contributed by atoms with Crippen LogP contribution in [0.3, 0.4) is 0 Å². The smallest absolute Gasteiger partial charge is 0.275 e. The van der Waals surface area contributed by atoms with Gasteiger partial charge in [0.2, 0.25) is 0 Å². The Labute approximate surface area is 91.0 Å². The van der Waals surface area contributed by atoms with Crippen LogP contribution in [0.1, 0.15) is 14.5 Å². The normalized spacial score (nSPS) is 10.1. The van der Waals surface area contributed by atoms with E-state index in [1.54, 1.807) is 17.8 Å². The van der Waals surface area contributed by atoms with Crippen LogP contribution in [0.2, 0.25) is 0 Å². The minimum atomic E-state index is -0.231. The Balaban J connectivity index is 2.46. The summed E-state index contributed by atoms with van der Waals surface area (Å²) in [6.07, 6.45) is 0. The number of nitrogen functional groups attached to an aromatic ring is 1. The van der Waals surface area contributed by atoms with E-state index in [-0.39, 0.29) is 5.91 Å². The van der Waals surface area contributed by atoms with Gasteiger partial charge in [-0.15, -0.1) is 11.3 Å². The number of hydrogen-bond donors (Lipinski definition) is 3. The van der Waals surface area contributed by atoms with Crippen molar-refractivity contribution in [2.75, 3.05) is 12.3 Å². The molecule has 14 heavy (non-hydrogen) atoms. The second-order valence-electron chi connectivity index (χ2n) is 2.58. The molecule has 0 saturated heterocycles. The average Bonchev–Trinajstić information content (AvgIpc) is 2.66. The van der Waals surface area contributed by atoms with E-state index in [2.05, 4.69) is 5.43 Å². The molecule has 0 atom stereocenters. The summed E-state index contributed by atoms with van der Waals surface area (Å²) in [5.41, 5.74) is 7.48. The summed E-state index contributed by atoms with van der Waals surface area (Å²) in [7, 11) is 0. The Hall–Kier alpha value is -0.560. The fraction of sp³-hybridized carbons (Fsp3) is 0.375. The number of hydrogen-bond acceptors (Lipinski definition) is 5. The Morgan fingerprint density at radius 1 is 1.57 bits per heavy atom. The van der Waals surface area contributed by atoms with Crippen molar-refractivity contribution in [3.8, 4) is 0 Å². The van der Waals surface area contributed by atoms with E-state index in [0.717, 1.165) is 11.5 Å². The molecule has 1 heterocycles. The lowest BCUT2D eigenvalue weighted by Gasteiger charge is -1.95. The highest BCUT2D eigenvalue weighted by atomic mass is 32.2. The lowest BCUT2D eigenvalue weighted by atomic mass is 10.4. The molecule has 0 saturated carbocycles. The Morgan fingerprint density at radius 3 is 3.00 bits per heavy atom. The Bertz CT molecular complexity index is 301. The number of hydrazine groups is 1. The number of amides is 1. The van der Waals surface area contributed by atoms with Crippen molar-refractivity contribution in [2.45, 2.75) is 5.75 Å².